The number of rotatable bonds is 3. The molecule has 0 spiro atoms. The summed E-state index contributed by atoms with van der Waals surface area (Å²) in [5.41, 5.74) is 1.08. The quantitative estimate of drug-likeness (QED) is 0.810. The highest BCUT2D eigenvalue weighted by molar-refractivity contribution is 7.98. The van der Waals surface area contributed by atoms with Crippen molar-refractivity contribution < 1.29 is 0 Å². The highest BCUT2D eigenvalue weighted by Gasteiger charge is 2.12. The largest absolute Gasteiger partial charge is 0.224 e. The fourth-order valence-electron chi connectivity index (χ4n) is 1.37. The Bertz CT molecular complexity index is 674. The van der Waals surface area contributed by atoms with Gasteiger partial charge in [-0.1, -0.05) is 53.7 Å². The van der Waals surface area contributed by atoms with Crippen LogP contribution in [0.25, 0.3) is 0 Å². The molecule has 0 saturated carbocycles. The van der Waals surface area contributed by atoms with Crippen LogP contribution in [0.5, 0.6) is 0 Å². The first-order valence-corrected chi connectivity index (χ1v) is 6.65. The van der Waals surface area contributed by atoms with E-state index in [1.54, 1.807) is 6.07 Å². The van der Waals surface area contributed by atoms with Crippen LogP contribution < -0.4 is 0 Å². The molecule has 2 rings (SSSR count). The van der Waals surface area contributed by atoms with Crippen molar-refractivity contribution in [2.75, 3.05) is 0 Å². The third-order valence-electron chi connectivity index (χ3n) is 2.25. The predicted octanol–water partition coefficient (Wildman–Crippen LogP) is 3.17. The summed E-state index contributed by atoms with van der Waals surface area (Å²) < 4.78 is 0. The number of nitriles is 2. The lowest BCUT2D eigenvalue weighted by molar-refractivity contribution is 1.01. The van der Waals surface area contributed by atoms with Gasteiger partial charge in [-0.15, -0.1) is 0 Å². The monoisotopic (exact) mass is 286 g/mol. The molecule has 0 aliphatic rings. The molecular weight excluding hydrogens is 280 g/mol. The van der Waals surface area contributed by atoms with Crippen LogP contribution in [0, 0.1) is 22.7 Å². The molecule has 0 N–H and O–H groups in total. The Morgan fingerprint density at radius 3 is 2.32 bits per heavy atom. The normalized spacial score (nSPS) is 9.63. The Kier molecular flexibility index (Phi) is 4.35. The van der Waals surface area contributed by atoms with Gasteiger partial charge in [-0.2, -0.15) is 10.5 Å². The molecule has 19 heavy (non-hydrogen) atoms. The van der Waals surface area contributed by atoms with E-state index in [4.69, 9.17) is 22.1 Å². The molecule has 1 aromatic heterocycles. The fourth-order valence-corrected chi connectivity index (χ4v) is 2.48. The van der Waals surface area contributed by atoms with Gasteiger partial charge in [0, 0.05) is 5.75 Å². The molecule has 0 unspecified atom stereocenters. The van der Waals surface area contributed by atoms with E-state index < -0.39 is 0 Å². The molecule has 1 heterocycles. The van der Waals surface area contributed by atoms with Gasteiger partial charge in [-0.05, 0) is 5.56 Å². The highest BCUT2D eigenvalue weighted by Crippen LogP contribution is 2.27. The van der Waals surface area contributed by atoms with Gasteiger partial charge < -0.3 is 0 Å². The van der Waals surface area contributed by atoms with Gasteiger partial charge in [-0.25, -0.2) is 9.97 Å². The van der Waals surface area contributed by atoms with Gasteiger partial charge in [-0.3, -0.25) is 0 Å². The second-order valence-corrected chi connectivity index (χ2v) is 4.84. The molecule has 0 aliphatic heterocycles. The van der Waals surface area contributed by atoms with Crippen molar-refractivity contribution in [3.05, 3.63) is 52.4 Å². The predicted molar refractivity (Wildman–Crippen MR) is 72.5 cm³/mol. The summed E-state index contributed by atoms with van der Waals surface area (Å²) in [4.78, 5) is 7.93. The number of hydrogen-bond acceptors (Lipinski definition) is 5. The van der Waals surface area contributed by atoms with Crippen LogP contribution in [-0.4, -0.2) is 9.97 Å². The lowest BCUT2D eigenvalue weighted by Gasteiger charge is -2.04. The molecule has 0 aliphatic carbocycles. The van der Waals surface area contributed by atoms with E-state index >= 15 is 0 Å². The first kappa shape index (κ1) is 13.4. The standard InChI is InChI=1S/C13H7ClN4S/c14-12-13(18-11(7-16)10(6-15)17-12)19-8-9-4-2-1-3-5-9/h1-5H,8H2. The van der Waals surface area contributed by atoms with E-state index in [-0.39, 0.29) is 16.5 Å². The summed E-state index contributed by atoms with van der Waals surface area (Å²) >= 11 is 7.33. The van der Waals surface area contributed by atoms with Crippen molar-refractivity contribution >= 4 is 23.4 Å². The maximum absolute atomic E-state index is 8.89. The Hall–Kier alpha value is -2.08. The minimum atomic E-state index is -0.0449. The number of benzene rings is 1. The van der Waals surface area contributed by atoms with Crippen molar-refractivity contribution in [2.24, 2.45) is 0 Å². The van der Waals surface area contributed by atoms with Crippen LogP contribution in [0.4, 0.5) is 0 Å². The summed E-state index contributed by atoms with van der Waals surface area (Å²) in [6.45, 7) is 0. The van der Waals surface area contributed by atoms with Crippen LogP contribution in [-0.2, 0) is 5.75 Å². The summed E-state index contributed by atoms with van der Waals surface area (Å²) in [5.74, 6) is 0.673. The average molecular weight is 287 g/mol. The minimum absolute atomic E-state index is 0.00228. The van der Waals surface area contributed by atoms with Gasteiger partial charge in [0.2, 0.25) is 0 Å². The van der Waals surface area contributed by atoms with Gasteiger partial charge in [0.05, 0.1) is 0 Å². The van der Waals surface area contributed by atoms with Gasteiger partial charge in [0.1, 0.15) is 17.2 Å². The first-order chi connectivity index (χ1) is 9.24. The molecule has 0 amide bonds. The zero-order chi connectivity index (χ0) is 13.7. The van der Waals surface area contributed by atoms with Gasteiger partial charge in [0.25, 0.3) is 0 Å². The van der Waals surface area contributed by atoms with Crippen molar-refractivity contribution in [1.82, 2.24) is 9.97 Å². The number of hydrogen-bond donors (Lipinski definition) is 0. The van der Waals surface area contributed by atoms with E-state index in [9.17, 15) is 0 Å². The topological polar surface area (TPSA) is 73.4 Å². The summed E-state index contributed by atoms with van der Waals surface area (Å²) in [6, 6.07) is 13.5. The SMILES string of the molecule is N#Cc1nc(Cl)c(SCc2ccccc2)nc1C#N. The van der Waals surface area contributed by atoms with E-state index in [1.807, 2.05) is 36.4 Å². The van der Waals surface area contributed by atoms with Crippen molar-refractivity contribution in [3.8, 4) is 12.1 Å². The molecule has 4 nitrogen and oxygen atoms in total. The highest BCUT2D eigenvalue weighted by atomic mass is 35.5. The molecule has 0 bridgehead atoms. The van der Waals surface area contributed by atoms with Crippen LogP contribution in [0.1, 0.15) is 17.0 Å². The molecule has 1 aromatic carbocycles. The lowest BCUT2D eigenvalue weighted by atomic mass is 10.2. The van der Waals surface area contributed by atoms with E-state index in [0.29, 0.717) is 10.8 Å². The maximum Gasteiger partial charge on any atom is 0.178 e. The third kappa shape index (κ3) is 3.23. The number of aromatic nitrogens is 2. The fraction of sp³-hybridized carbons (Fsp3) is 0.0769. The maximum atomic E-state index is 8.89. The van der Waals surface area contributed by atoms with Crippen molar-refractivity contribution in [1.29, 1.82) is 10.5 Å². The molecular formula is C13H7ClN4S. The van der Waals surface area contributed by atoms with Crippen LogP contribution in [0.2, 0.25) is 5.15 Å². The Morgan fingerprint density at radius 1 is 1.05 bits per heavy atom. The number of thioether (sulfide) groups is 1. The molecule has 2 aromatic rings. The summed E-state index contributed by atoms with van der Waals surface area (Å²) in [5, 5.41) is 18.3. The smallest absolute Gasteiger partial charge is 0.178 e. The molecule has 0 fully saturated rings. The zero-order valence-electron chi connectivity index (χ0n) is 9.67. The molecule has 0 saturated heterocycles. The molecule has 0 radical (unpaired) electrons. The van der Waals surface area contributed by atoms with E-state index in [2.05, 4.69) is 9.97 Å². The second kappa shape index (κ2) is 6.19. The van der Waals surface area contributed by atoms with Gasteiger partial charge in [0.15, 0.2) is 16.5 Å². The molecule has 6 heteroatoms. The average Bonchev–Trinajstić information content (AvgIpc) is 2.46. The Balaban J connectivity index is 2.22. The third-order valence-corrected chi connectivity index (χ3v) is 3.67. The Labute approximate surface area is 119 Å². The summed E-state index contributed by atoms with van der Waals surface area (Å²) in [7, 11) is 0. The van der Waals surface area contributed by atoms with Crippen LogP contribution >= 0.6 is 23.4 Å². The minimum Gasteiger partial charge on any atom is -0.224 e. The number of nitrogens with zero attached hydrogens (tertiary/aromatic N) is 4. The van der Waals surface area contributed by atoms with Crippen molar-refractivity contribution in [2.45, 2.75) is 10.8 Å². The Morgan fingerprint density at radius 2 is 1.68 bits per heavy atom. The molecule has 92 valence electrons. The van der Waals surface area contributed by atoms with Gasteiger partial charge >= 0.3 is 0 Å². The lowest BCUT2D eigenvalue weighted by Crippen LogP contribution is -1.97. The second-order valence-electron chi connectivity index (χ2n) is 3.51. The van der Waals surface area contributed by atoms with E-state index in [1.165, 1.54) is 11.8 Å². The van der Waals surface area contributed by atoms with Crippen LogP contribution in [0.3, 0.4) is 0 Å². The van der Waals surface area contributed by atoms with E-state index in [0.717, 1.165) is 5.56 Å². The van der Waals surface area contributed by atoms with Crippen LogP contribution in [0.15, 0.2) is 35.4 Å². The molecule has 0 atom stereocenters. The first-order valence-electron chi connectivity index (χ1n) is 5.29. The number of halogens is 1. The van der Waals surface area contributed by atoms with Crippen molar-refractivity contribution in [3.63, 3.8) is 0 Å². The summed E-state index contributed by atoms with van der Waals surface area (Å²) in [6.07, 6.45) is 0. The zero-order valence-corrected chi connectivity index (χ0v) is 11.2.